The first kappa shape index (κ1) is 17.0. The van der Waals surface area contributed by atoms with Crippen LogP contribution in [0.2, 0.25) is 0 Å². The van der Waals surface area contributed by atoms with Crippen molar-refractivity contribution in [3.05, 3.63) is 96.1 Å². The van der Waals surface area contributed by atoms with Gasteiger partial charge in [-0.15, -0.1) is 0 Å². The Labute approximate surface area is 158 Å². The lowest BCUT2D eigenvalue weighted by Gasteiger charge is -2.20. The van der Waals surface area contributed by atoms with Gasteiger partial charge in [0.15, 0.2) is 0 Å². The summed E-state index contributed by atoms with van der Waals surface area (Å²) < 4.78 is 2.16. The van der Waals surface area contributed by atoms with Crippen molar-refractivity contribution in [3.8, 4) is 17.2 Å². The largest absolute Gasteiger partial charge is 0.301 e. The Morgan fingerprint density at radius 2 is 1.74 bits per heavy atom. The monoisotopic (exact) mass is 352 g/mol. The molecule has 0 aliphatic heterocycles. The lowest BCUT2D eigenvalue weighted by atomic mass is 10.0. The molecule has 27 heavy (non-hydrogen) atoms. The summed E-state index contributed by atoms with van der Waals surface area (Å²) in [4.78, 5) is 6.60. The van der Waals surface area contributed by atoms with Crippen LogP contribution in [0.15, 0.2) is 79.3 Å². The predicted molar refractivity (Wildman–Crippen MR) is 107 cm³/mol. The molecule has 4 rings (SSSR count). The van der Waals surface area contributed by atoms with Crippen LogP contribution < -0.4 is 0 Å². The summed E-state index contributed by atoms with van der Waals surface area (Å²) >= 11 is 0. The lowest BCUT2D eigenvalue weighted by molar-refractivity contribution is 0.314. The summed E-state index contributed by atoms with van der Waals surface area (Å²) in [6.07, 6.45) is 3.77. The van der Waals surface area contributed by atoms with Crippen LogP contribution >= 0.6 is 0 Å². The second-order valence-electron chi connectivity index (χ2n) is 6.73. The summed E-state index contributed by atoms with van der Waals surface area (Å²) in [5, 5.41) is 8.96. The van der Waals surface area contributed by atoms with Crippen LogP contribution in [0.25, 0.3) is 16.6 Å². The van der Waals surface area contributed by atoms with E-state index >= 15 is 0 Å². The van der Waals surface area contributed by atoms with Crippen LogP contribution in [0.3, 0.4) is 0 Å². The van der Waals surface area contributed by atoms with Crippen LogP contribution in [0.4, 0.5) is 0 Å². The first-order chi connectivity index (χ1) is 13.2. The normalized spacial score (nSPS) is 11.0. The van der Waals surface area contributed by atoms with Gasteiger partial charge >= 0.3 is 0 Å². The van der Waals surface area contributed by atoms with Gasteiger partial charge in [-0.25, -0.2) is 4.98 Å². The average molecular weight is 352 g/mol. The molecule has 132 valence electrons. The maximum atomic E-state index is 8.96. The van der Waals surface area contributed by atoms with Crippen molar-refractivity contribution in [2.24, 2.45) is 0 Å². The van der Waals surface area contributed by atoms with Gasteiger partial charge in [0.2, 0.25) is 0 Å². The van der Waals surface area contributed by atoms with Crippen molar-refractivity contribution in [1.82, 2.24) is 14.3 Å². The molecule has 0 amide bonds. The number of hydrogen-bond donors (Lipinski definition) is 0. The quantitative estimate of drug-likeness (QED) is 0.531. The second kappa shape index (κ2) is 7.45. The van der Waals surface area contributed by atoms with Crippen molar-refractivity contribution >= 4 is 5.52 Å². The van der Waals surface area contributed by atoms with E-state index in [1.165, 1.54) is 22.4 Å². The van der Waals surface area contributed by atoms with Gasteiger partial charge in [-0.1, -0.05) is 48.5 Å². The average Bonchev–Trinajstić information content (AvgIpc) is 3.19. The molecule has 2 heterocycles. The maximum absolute atomic E-state index is 8.96. The molecule has 0 unspecified atom stereocenters. The predicted octanol–water partition coefficient (Wildman–Crippen LogP) is 4.50. The number of aromatic nitrogens is 2. The highest BCUT2D eigenvalue weighted by atomic mass is 15.1. The van der Waals surface area contributed by atoms with Gasteiger partial charge in [0, 0.05) is 24.3 Å². The molecular formula is C23H20N4. The standard InChI is InChI=1S/C23H20N4/c1-26(15-19-9-7-18(13-24)8-10-19)16-23-22(20-5-3-2-4-6-20)12-11-21-14-25-17-27(21)23/h2-12,14,17H,15-16H2,1H3. The molecule has 0 bridgehead atoms. The molecule has 4 heteroatoms. The molecule has 4 nitrogen and oxygen atoms in total. The van der Waals surface area contributed by atoms with Crippen LogP contribution in [0.1, 0.15) is 16.8 Å². The molecule has 0 N–H and O–H groups in total. The molecule has 0 saturated carbocycles. The summed E-state index contributed by atoms with van der Waals surface area (Å²) in [7, 11) is 2.11. The third-order valence-electron chi connectivity index (χ3n) is 4.73. The van der Waals surface area contributed by atoms with Crippen molar-refractivity contribution in [2.75, 3.05) is 7.05 Å². The number of pyridine rings is 1. The number of benzene rings is 2. The van der Waals surface area contributed by atoms with E-state index in [-0.39, 0.29) is 0 Å². The Balaban J connectivity index is 1.65. The van der Waals surface area contributed by atoms with Gasteiger partial charge in [0.05, 0.1) is 29.7 Å². The zero-order valence-corrected chi connectivity index (χ0v) is 15.2. The van der Waals surface area contributed by atoms with Crippen molar-refractivity contribution < 1.29 is 0 Å². The van der Waals surface area contributed by atoms with Crippen LogP contribution in [-0.4, -0.2) is 21.3 Å². The Morgan fingerprint density at radius 3 is 2.48 bits per heavy atom. The number of imidazole rings is 1. The minimum absolute atomic E-state index is 0.691. The molecule has 0 atom stereocenters. The highest BCUT2D eigenvalue weighted by molar-refractivity contribution is 5.69. The molecule has 0 spiro atoms. The molecule has 0 saturated heterocycles. The van der Waals surface area contributed by atoms with E-state index in [1.54, 1.807) is 0 Å². The fourth-order valence-electron chi connectivity index (χ4n) is 3.40. The Hall–Kier alpha value is -3.42. The fourth-order valence-corrected chi connectivity index (χ4v) is 3.40. The van der Waals surface area contributed by atoms with Gasteiger partial charge < -0.3 is 4.40 Å². The van der Waals surface area contributed by atoms with Crippen LogP contribution in [0, 0.1) is 11.3 Å². The number of rotatable bonds is 5. The van der Waals surface area contributed by atoms with E-state index in [0.29, 0.717) is 5.56 Å². The first-order valence-electron chi connectivity index (χ1n) is 8.91. The zero-order chi connectivity index (χ0) is 18.6. The fraction of sp³-hybridized carbons (Fsp3) is 0.130. The summed E-state index contributed by atoms with van der Waals surface area (Å²) in [5.74, 6) is 0. The Bertz CT molecular complexity index is 1090. The topological polar surface area (TPSA) is 44.3 Å². The van der Waals surface area contributed by atoms with Crippen molar-refractivity contribution in [3.63, 3.8) is 0 Å². The molecule has 4 aromatic rings. The minimum atomic E-state index is 0.691. The summed E-state index contributed by atoms with van der Waals surface area (Å²) in [6, 6.07) is 24.7. The van der Waals surface area contributed by atoms with Gasteiger partial charge in [-0.2, -0.15) is 5.26 Å². The first-order valence-corrected chi connectivity index (χ1v) is 8.91. The second-order valence-corrected chi connectivity index (χ2v) is 6.73. The molecule has 2 aromatic carbocycles. The van der Waals surface area contributed by atoms with Gasteiger partial charge in [-0.05, 0) is 36.4 Å². The van der Waals surface area contributed by atoms with E-state index in [2.05, 4.69) is 63.8 Å². The van der Waals surface area contributed by atoms with E-state index in [1.807, 2.05) is 42.9 Å². The number of nitrogens with zero attached hydrogens (tertiary/aromatic N) is 4. The molecule has 2 aromatic heterocycles. The highest BCUT2D eigenvalue weighted by Crippen LogP contribution is 2.26. The third-order valence-corrected chi connectivity index (χ3v) is 4.73. The molecule has 0 aliphatic carbocycles. The molecular weight excluding hydrogens is 332 g/mol. The lowest BCUT2D eigenvalue weighted by Crippen LogP contribution is -2.19. The van der Waals surface area contributed by atoms with Gasteiger partial charge in [-0.3, -0.25) is 4.90 Å². The minimum Gasteiger partial charge on any atom is -0.301 e. The third kappa shape index (κ3) is 3.59. The molecule has 0 aliphatic rings. The van der Waals surface area contributed by atoms with Gasteiger partial charge in [0.25, 0.3) is 0 Å². The summed E-state index contributed by atoms with van der Waals surface area (Å²) in [6.45, 7) is 1.60. The summed E-state index contributed by atoms with van der Waals surface area (Å²) in [5.41, 5.74) is 6.61. The smallest absolute Gasteiger partial charge is 0.0994 e. The molecule has 0 fully saturated rings. The van der Waals surface area contributed by atoms with E-state index in [0.717, 1.165) is 18.6 Å². The number of hydrogen-bond acceptors (Lipinski definition) is 3. The maximum Gasteiger partial charge on any atom is 0.0994 e. The Morgan fingerprint density at radius 1 is 0.963 bits per heavy atom. The zero-order valence-electron chi connectivity index (χ0n) is 15.2. The van der Waals surface area contributed by atoms with Crippen molar-refractivity contribution in [2.45, 2.75) is 13.1 Å². The number of nitriles is 1. The van der Waals surface area contributed by atoms with E-state index < -0.39 is 0 Å². The molecule has 0 radical (unpaired) electrons. The number of fused-ring (bicyclic) bond motifs is 1. The van der Waals surface area contributed by atoms with Crippen LogP contribution in [0.5, 0.6) is 0 Å². The Kier molecular flexibility index (Phi) is 4.69. The van der Waals surface area contributed by atoms with Crippen molar-refractivity contribution in [1.29, 1.82) is 5.26 Å². The van der Waals surface area contributed by atoms with E-state index in [4.69, 9.17) is 5.26 Å². The highest BCUT2D eigenvalue weighted by Gasteiger charge is 2.12. The van der Waals surface area contributed by atoms with E-state index in [9.17, 15) is 0 Å². The van der Waals surface area contributed by atoms with Gasteiger partial charge in [0.1, 0.15) is 0 Å². The van der Waals surface area contributed by atoms with Crippen LogP contribution in [-0.2, 0) is 13.1 Å². The SMILES string of the molecule is CN(Cc1ccc(C#N)cc1)Cc1c(-c2ccccc2)ccc2cncn12.